The highest BCUT2D eigenvalue weighted by Crippen LogP contribution is 2.26. The van der Waals surface area contributed by atoms with Crippen LogP contribution in [0.1, 0.15) is 22.8 Å². The number of hydrogen-bond acceptors (Lipinski definition) is 7. The molecule has 1 heterocycles. The SMILES string of the molecule is Cc1cccc(-c2nnc(NC(=O)C(C)NC(=O)c3cccc([N+](=O)[O-])c3)s2)c1. The highest BCUT2D eigenvalue weighted by molar-refractivity contribution is 7.18. The van der Waals surface area contributed by atoms with Gasteiger partial charge in [0, 0.05) is 23.3 Å². The van der Waals surface area contributed by atoms with Crippen LogP contribution >= 0.6 is 11.3 Å². The number of carbonyl (C=O) groups excluding carboxylic acids is 2. The molecule has 2 N–H and O–H groups in total. The van der Waals surface area contributed by atoms with Crippen LogP contribution in [0, 0.1) is 17.0 Å². The van der Waals surface area contributed by atoms with Crippen LogP contribution in [0.25, 0.3) is 10.6 Å². The van der Waals surface area contributed by atoms with Gasteiger partial charge in [0.05, 0.1) is 4.92 Å². The molecule has 29 heavy (non-hydrogen) atoms. The first-order valence-electron chi connectivity index (χ1n) is 8.60. The van der Waals surface area contributed by atoms with E-state index >= 15 is 0 Å². The number of hydrogen-bond donors (Lipinski definition) is 2. The van der Waals surface area contributed by atoms with Gasteiger partial charge >= 0.3 is 0 Å². The summed E-state index contributed by atoms with van der Waals surface area (Å²) in [5.74, 6) is -1.07. The lowest BCUT2D eigenvalue weighted by Crippen LogP contribution is -2.41. The van der Waals surface area contributed by atoms with E-state index in [0.717, 1.165) is 17.2 Å². The number of carbonyl (C=O) groups is 2. The number of aromatic nitrogens is 2. The molecule has 3 rings (SSSR count). The largest absolute Gasteiger partial charge is 0.341 e. The third kappa shape index (κ3) is 4.99. The van der Waals surface area contributed by atoms with Crippen LogP contribution in [0.15, 0.2) is 48.5 Å². The number of aryl methyl sites for hydroxylation is 1. The zero-order chi connectivity index (χ0) is 21.0. The third-order valence-electron chi connectivity index (χ3n) is 3.98. The molecule has 2 amide bonds. The van der Waals surface area contributed by atoms with Gasteiger partial charge in [-0.2, -0.15) is 0 Å². The molecule has 0 fully saturated rings. The maximum atomic E-state index is 12.4. The van der Waals surface area contributed by atoms with Crippen molar-refractivity contribution in [3.05, 3.63) is 69.8 Å². The quantitative estimate of drug-likeness (QED) is 0.474. The van der Waals surface area contributed by atoms with E-state index < -0.39 is 22.8 Å². The molecule has 0 aliphatic rings. The smallest absolute Gasteiger partial charge is 0.270 e. The summed E-state index contributed by atoms with van der Waals surface area (Å²) in [6.07, 6.45) is 0. The molecule has 1 unspecified atom stereocenters. The van der Waals surface area contributed by atoms with Crippen molar-refractivity contribution in [2.24, 2.45) is 0 Å². The van der Waals surface area contributed by atoms with Gasteiger partial charge in [-0.1, -0.05) is 41.2 Å². The Morgan fingerprint density at radius 2 is 1.90 bits per heavy atom. The van der Waals surface area contributed by atoms with E-state index in [9.17, 15) is 19.7 Å². The number of anilines is 1. The van der Waals surface area contributed by atoms with Crippen LogP contribution in [0.5, 0.6) is 0 Å². The highest BCUT2D eigenvalue weighted by Gasteiger charge is 2.19. The zero-order valence-electron chi connectivity index (χ0n) is 15.6. The second-order valence-electron chi connectivity index (χ2n) is 6.27. The molecule has 0 aliphatic heterocycles. The molecule has 2 aromatic carbocycles. The summed E-state index contributed by atoms with van der Waals surface area (Å²) < 4.78 is 0. The normalized spacial score (nSPS) is 11.5. The number of nitro groups is 1. The van der Waals surface area contributed by atoms with Gasteiger partial charge in [-0.05, 0) is 26.0 Å². The standard InChI is InChI=1S/C19H17N5O4S/c1-11-5-3-7-14(9-11)18-22-23-19(29-18)21-16(25)12(2)20-17(26)13-6-4-8-15(10-13)24(27)28/h3-10,12H,1-2H3,(H,20,26)(H,21,23,25). The Kier molecular flexibility index (Phi) is 5.93. The minimum atomic E-state index is -0.881. The molecule has 0 radical (unpaired) electrons. The minimum absolute atomic E-state index is 0.0940. The van der Waals surface area contributed by atoms with Gasteiger partial charge in [-0.25, -0.2) is 0 Å². The van der Waals surface area contributed by atoms with Gasteiger partial charge in [0.15, 0.2) is 0 Å². The summed E-state index contributed by atoms with van der Waals surface area (Å²) in [4.78, 5) is 34.9. The summed E-state index contributed by atoms with van der Waals surface area (Å²) in [6, 6.07) is 12.2. The lowest BCUT2D eigenvalue weighted by molar-refractivity contribution is -0.384. The molecule has 0 saturated carbocycles. The summed E-state index contributed by atoms with van der Waals surface area (Å²) in [6.45, 7) is 3.48. The van der Waals surface area contributed by atoms with Crippen molar-refractivity contribution in [2.45, 2.75) is 19.9 Å². The number of non-ortho nitro benzene ring substituents is 1. The summed E-state index contributed by atoms with van der Waals surface area (Å²) >= 11 is 1.22. The summed E-state index contributed by atoms with van der Waals surface area (Å²) in [5.41, 5.74) is 1.87. The third-order valence-corrected chi connectivity index (χ3v) is 4.87. The van der Waals surface area contributed by atoms with Crippen LogP contribution in [0.4, 0.5) is 10.8 Å². The molecule has 0 aliphatic carbocycles. The number of nitrogens with zero attached hydrogens (tertiary/aromatic N) is 3. The van der Waals surface area contributed by atoms with Crippen molar-refractivity contribution in [1.29, 1.82) is 0 Å². The van der Waals surface area contributed by atoms with Crippen molar-refractivity contribution >= 4 is 34.0 Å². The monoisotopic (exact) mass is 411 g/mol. The zero-order valence-corrected chi connectivity index (χ0v) is 16.4. The Morgan fingerprint density at radius 3 is 2.62 bits per heavy atom. The average Bonchev–Trinajstić information content (AvgIpc) is 3.16. The summed E-state index contributed by atoms with van der Waals surface area (Å²) in [5, 5.41) is 25.0. The van der Waals surface area contributed by atoms with Crippen LogP contribution in [-0.4, -0.2) is 33.0 Å². The summed E-state index contributed by atoms with van der Waals surface area (Å²) in [7, 11) is 0. The first-order valence-corrected chi connectivity index (χ1v) is 9.42. The van der Waals surface area contributed by atoms with Crippen LogP contribution in [-0.2, 0) is 4.79 Å². The number of nitro benzene ring substituents is 1. The Hall–Kier alpha value is -3.66. The van der Waals surface area contributed by atoms with Gasteiger partial charge in [0.2, 0.25) is 11.0 Å². The molecule has 9 nitrogen and oxygen atoms in total. The van der Waals surface area contributed by atoms with E-state index in [-0.39, 0.29) is 11.3 Å². The molecule has 1 aromatic heterocycles. The number of amides is 2. The molecule has 1 atom stereocenters. The van der Waals surface area contributed by atoms with Crippen molar-refractivity contribution in [3.8, 4) is 10.6 Å². The lowest BCUT2D eigenvalue weighted by Gasteiger charge is -2.12. The fourth-order valence-corrected chi connectivity index (χ4v) is 3.23. The average molecular weight is 411 g/mol. The fraction of sp³-hybridized carbons (Fsp3) is 0.158. The molecular weight excluding hydrogens is 394 g/mol. The Morgan fingerprint density at radius 1 is 1.14 bits per heavy atom. The van der Waals surface area contributed by atoms with E-state index in [1.54, 1.807) is 0 Å². The second-order valence-corrected chi connectivity index (χ2v) is 7.25. The Balaban J connectivity index is 1.63. The van der Waals surface area contributed by atoms with Gasteiger partial charge in [0.1, 0.15) is 11.0 Å². The van der Waals surface area contributed by atoms with Crippen LogP contribution < -0.4 is 10.6 Å². The number of benzene rings is 2. The first kappa shape index (κ1) is 20.1. The highest BCUT2D eigenvalue weighted by atomic mass is 32.1. The molecular formula is C19H17N5O4S. The molecule has 3 aromatic rings. The molecule has 148 valence electrons. The fourth-order valence-electron chi connectivity index (χ4n) is 2.49. The first-order chi connectivity index (χ1) is 13.8. The van der Waals surface area contributed by atoms with Gasteiger partial charge in [-0.15, -0.1) is 10.2 Å². The van der Waals surface area contributed by atoms with Gasteiger partial charge < -0.3 is 5.32 Å². The predicted molar refractivity (Wildman–Crippen MR) is 109 cm³/mol. The molecule has 0 spiro atoms. The molecule has 0 bridgehead atoms. The molecule has 10 heteroatoms. The van der Waals surface area contributed by atoms with E-state index in [0.29, 0.717) is 10.1 Å². The predicted octanol–water partition coefficient (Wildman–Crippen LogP) is 3.18. The van der Waals surface area contributed by atoms with E-state index in [4.69, 9.17) is 0 Å². The van der Waals surface area contributed by atoms with Gasteiger partial charge in [0.25, 0.3) is 11.6 Å². The van der Waals surface area contributed by atoms with Crippen molar-refractivity contribution < 1.29 is 14.5 Å². The molecule has 0 saturated heterocycles. The van der Waals surface area contributed by atoms with Crippen LogP contribution in [0.3, 0.4) is 0 Å². The second kappa shape index (κ2) is 8.57. The van der Waals surface area contributed by atoms with E-state index in [2.05, 4.69) is 20.8 Å². The van der Waals surface area contributed by atoms with Crippen molar-refractivity contribution in [2.75, 3.05) is 5.32 Å². The Labute approximate surface area is 169 Å². The van der Waals surface area contributed by atoms with E-state index in [1.807, 2.05) is 31.2 Å². The number of nitrogens with one attached hydrogen (secondary N) is 2. The maximum absolute atomic E-state index is 12.4. The van der Waals surface area contributed by atoms with E-state index in [1.165, 1.54) is 36.5 Å². The number of rotatable bonds is 6. The lowest BCUT2D eigenvalue weighted by atomic mass is 10.1. The maximum Gasteiger partial charge on any atom is 0.270 e. The van der Waals surface area contributed by atoms with Gasteiger partial charge in [-0.3, -0.25) is 25.0 Å². The van der Waals surface area contributed by atoms with Crippen molar-refractivity contribution in [3.63, 3.8) is 0 Å². The Bertz CT molecular complexity index is 1080. The minimum Gasteiger partial charge on any atom is -0.341 e. The topological polar surface area (TPSA) is 127 Å². The van der Waals surface area contributed by atoms with Crippen LogP contribution in [0.2, 0.25) is 0 Å². The van der Waals surface area contributed by atoms with Crippen molar-refractivity contribution in [1.82, 2.24) is 15.5 Å².